The maximum absolute atomic E-state index is 13.1. The van der Waals surface area contributed by atoms with Gasteiger partial charge in [-0.25, -0.2) is 0 Å². The number of fused-ring (bicyclic) bond motifs is 1. The number of non-ortho nitro benzene ring substituents is 1. The Morgan fingerprint density at radius 1 is 1.32 bits per heavy atom. The number of hydrogen-bond acceptors (Lipinski definition) is 4. The van der Waals surface area contributed by atoms with Crippen LogP contribution in [-0.2, 0) is 19.4 Å². The summed E-state index contributed by atoms with van der Waals surface area (Å²) >= 11 is 0. The van der Waals surface area contributed by atoms with Crippen molar-refractivity contribution in [1.29, 1.82) is 0 Å². The summed E-state index contributed by atoms with van der Waals surface area (Å²) in [6.45, 7) is 0.382. The summed E-state index contributed by atoms with van der Waals surface area (Å²) in [5, 5.41) is 18.3. The van der Waals surface area contributed by atoms with Crippen molar-refractivity contribution in [2.45, 2.75) is 51.1 Å². The van der Waals surface area contributed by atoms with Crippen LogP contribution in [0, 0.1) is 10.1 Å². The van der Waals surface area contributed by atoms with Gasteiger partial charge in [0.15, 0.2) is 5.69 Å². The number of amides is 1. The van der Waals surface area contributed by atoms with Gasteiger partial charge in [0.05, 0.1) is 4.92 Å². The molecule has 0 unspecified atom stereocenters. The maximum Gasteiger partial charge on any atom is 0.275 e. The highest BCUT2D eigenvalue weighted by atomic mass is 16.6. The first-order valence-corrected chi connectivity index (χ1v) is 8.74. The average molecular weight is 340 g/mol. The minimum atomic E-state index is -0.406. The SMILES string of the molecule is O=C(c1n[nH]c2c1CCCC2)N(Cc1cccc([N+](=O)[O-])c1)C1CC1. The Kier molecular flexibility index (Phi) is 3.99. The summed E-state index contributed by atoms with van der Waals surface area (Å²) in [4.78, 5) is 25.5. The van der Waals surface area contributed by atoms with Gasteiger partial charge in [0, 0.05) is 36.0 Å². The molecule has 4 rings (SSSR count). The predicted octanol–water partition coefficient (Wildman–Crippen LogP) is 3.00. The molecular formula is C18H20N4O3. The molecule has 2 aliphatic rings. The molecule has 1 N–H and O–H groups in total. The van der Waals surface area contributed by atoms with Gasteiger partial charge in [-0.3, -0.25) is 20.0 Å². The van der Waals surface area contributed by atoms with E-state index in [1.165, 1.54) is 6.07 Å². The molecule has 25 heavy (non-hydrogen) atoms. The molecule has 1 fully saturated rings. The lowest BCUT2D eigenvalue weighted by molar-refractivity contribution is -0.384. The molecule has 0 radical (unpaired) electrons. The summed E-state index contributed by atoms with van der Waals surface area (Å²) < 4.78 is 0. The van der Waals surface area contributed by atoms with E-state index in [9.17, 15) is 14.9 Å². The highest BCUT2D eigenvalue weighted by Gasteiger charge is 2.35. The van der Waals surface area contributed by atoms with Crippen molar-refractivity contribution in [3.63, 3.8) is 0 Å². The number of benzene rings is 1. The molecule has 1 heterocycles. The molecule has 1 amide bonds. The normalized spacial score (nSPS) is 16.3. The van der Waals surface area contributed by atoms with Crippen molar-refractivity contribution in [2.75, 3.05) is 0 Å². The van der Waals surface area contributed by atoms with Gasteiger partial charge in [-0.1, -0.05) is 12.1 Å². The van der Waals surface area contributed by atoms with Crippen LogP contribution in [0.2, 0.25) is 0 Å². The fraction of sp³-hybridized carbons (Fsp3) is 0.444. The number of nitrogens with zero attached hydrogens (tertiary/aromatic N) is 3. The summed E-state index contributed by atoms with van der Waals surface area (Å²) in [7, 11) is 0. The molecular weight excluding hydrogens is 320 g/mol. The smallest absolute Gasteiger partial charge is 0.275 e. The Labute approximate surface area is 145 Å². The van der Waals surface area contributed by atoms with Crippen molar-refractivity contribution in [3.05, 3.63) is 56.9 Å². The lowest BCUT2D eigenvalue weighted by Crippen LogP contribution is -2.33. The van der Waals surface area contributed by atoms with E-state index in [4.69, 9.17) is 0 Å². The third kappa shape index (κ3) is 3.14. The molecule has 2 aliphatic carbocycles. The van der Waals surface area contributed by atoms with Crippen LogP contribution in [0.3, 0.4) is 0 Å². The van der Waals surface area contributed by atoms with Crippen LogP contribution in [0.4, 0.5) is 5.69 Å². The quantitative estimate of drug-likeness (QED) is 0.669. The van der Waals surface area contributed by atoms with E-state index in [1.54, 1.807) is 12.1 Å². The zero-order valence-electron chi connectivity index (χ0n) is 13.9. The van der Waals surface area contributed by atoms with Crippen LogP contribution in [0.1, 0.15) is 53.0 Å². The third-order valence-corrected chi connectivity index (χ3v) is 4.98. The Hall–Kier alpha value is -2.70. The second-order valence-corrected chi connectivity index (χ2v) is 6.83. The van der Waals surface area contributed by atoms with Gasteiger partial charge < -0.3 is 4.90 Å². The average Bonchev–Trinajstić information content (AvgIpc) is 3.38. The first-order chi connectivity index (χ1) is 12.1. The molecule has 7 nitrogen and oxygen atoms in total. The Morgan fingerprint density at radius 2 is 2.12 bits per heavy atom. The third-order valence-electron chi connectivity index (χ3n) is 4.98. The van der Waals surface area contributed by atoms with Crippen molar-refractivity contribution in [2.24, 2.45) is 0 Å². The van der Waals surface area contributed by atoms with E-state index in [2.05, 4.69) is 10.2 Å². The highest BCUT2D eigenvalue weighted by Crippen LogP contribution is 2.32. The highest BCUT2D eigenvalue weighted by molar-refractivity contribution is 5.94. The molecule has 0 aliphatic heterocycles. The number of hydrogen-bond donors (Lipinski definition) is 1. The molecule has 2 aromatic rings. The molecule has 0 spiro atoms. The van der Waals surface area contributed by atoms with E-state index < -0.39 is 4.92 Å². The van der Waals surface area contributed by atoms with Gasteiger partial charge in [0.25, 0.3) is 11.6 Å². The van der Waals surface area contributed by atoms with E-state index in [-0.39, 0.29) is 17.6 Å². The van der Waals surface area contributed by atoms with Crippen LogP contribution in [0.15, 0.2) is 24.3 Å². The van der Waals surface area contributed by atoms with Crippen LogP contribution >= 0.6 is 0 Å². The summed E-state index contributed by atoms with van der Waals surface area (Å²) in [6, 6.07) is 6.72. The number of H-pyrrole nitrogens is 1. The molecule has 0 atom stereocenters. The number of aromatic amines is 1. The second-order valence-electron chi connectivity index (χ2n) is 6.83. The van der Waals surface area contributed by atoms with Crippen LogP contribution in [-0.4, -0.2) is 32.0 Å². The molecule has 1 aromatic carbocycles. The van der Waals surface area contributed by atoms with Gasteiger partial charge >= 0.3 is 0 Å². The van der Waals surface area contributed by atoms with Crippen molar-refractivity contribution < 1.29 is 9.72 Å². The maximum atomic E-state index is 13.1. The zero-order valence-corrected chi connectivity index (χ0v) is 13.9. The van der Waals surface area contributed by atoms with Crippen molar-refractivity contribution in [1.82, 2.24) is 15.1 Å². The molecule has 1 aromatic heterocycles. The predicted molar refractivity (Wildman–Crippen MR) is 91.2 cm³/mol. The van der Waals surface area contributed by atoms with Crippen molar-refractivity contribution >= 4 is 11.6 Å². The molecule has 0 saturated heterocycles. The fourth-order valence-electron chi connectivity index (χ4n) is 3.51. The minimum Gasteiger partial charge on any atom is -0.330 e. The standard InChI is InChI=1S/C18H20N4O3/c23-18(17-15-6-1-2-7-16(15)19-20-17)21(13-8-9-13)11-12-4-3-5-14(10-12)22(24)25/h3-5,10,13H,1-2,6-9,11H2,(H,19,20). The van der Waals surface area contributed by atoms with Gasteiger partial charge in [-0.2, -0.15) is 5.10 Å². The summed E-state index contributed by atoms with van der Waals surface area (Å²) in [6.07, 6.45) is 6.01. The fourth-order valence-corrected chi connectivity index (χ4v) is 3.51. The Morgan fingerprint density at radius 3 is 2.88 bits per heavy atom. The lowest BCUT2D eigenvalue weighted by Gasteiger charge is -2.22. The van der Waals surface area contributed by atoms with Gasteiger partial charge in [-0.05, 0) is 44.1 Å². The van der Waals surface area contributed by atoms with E-state index in [0.29, 0.717) is 12.2 Å². The lowest BCUT2D eigenvalue weighted by atomic mass is 9.95. The monoisotopic (exact) mass is 340 g/mol. The molecule has 0 bridgehead atoms. The van der Waals surface area contributed by atoms with Gasteiger partial charge in [-0.15, -0.1) is 0 Å². The summed E-state index contributed by atoms with van der Waals surface area (Å²) in [5.74, 6) is -0.0617. The molecule has 1 saturated carbocycles. The minimum absolute atomic E-state index is 0.0536. The number of nitro groups is 1. The van der Waals surface area contributed by atoms with E-state index in [1.807, 2.05) is 11.0 Å². The topological polar surface area (TPSA) is 92.1 Å². The Balaban J connectivity index is 1.59. The van der Waals surface area contributed by atoms with Gasteiger partial charge in [0.1, 0.15) is 0 Å². The number of nitro benzene ring substituents is 1. The van der Waals surface area contributed by atoms with Gasteiger partial charge in [0.2, 0.25) is 0 Å². The second kappa shape index (κ2) is 6.31. The van der Waals surface area contributed by atoms with Crippen LogP contribution in [0.5, 0.6) is 0 Å². The molecule has 130 valence electrons. The number of aryl methyl sites for hydroxylation is 1. The largest absolute Gasteiger partial charge is 0.330 e. The van der Waals surface area contributed by atoms with Crippen LogP contribution < -0.4 is 0 Å². The number of rotatable bonds is 5. The van der Waals surface area contributed by atoms with Crippen molar-refractivity contribution in [3.8, 4) is 0 Å². The van der Waals surface area contributed by atoms with E-state index >= 15 is 0 Å². The van der Waals surface area contributed by atoms with Crippen LogP contribution in [0.25, 0.3) is 0 Å². The number of nitrogens with one attached hydrogen (secondary N) is 1. The molecule has 7 heteroatoms. The first-order valence-electron chi connectivity index (χ1n) is 8.74. The Bertz CT molecular complexity index is 825. The number of carbonyl (C=O) groups is 1. The van der Waals surface area contributed by atoms with E-state index in [0.717, 1.165) is 55.3 Å². The zero-order chi connectivity index (χ0) is 17.4. The number of aromatic nitrogens is 2. The number of carbonyl (C=O) groups excluding carboxylic acids is 1. The summed E-state index contributed by atoms with van der Waals surface area (Å²) in [5.41, 5.74) is 3.50. The first kappa shape index (κ1) is 15.8.